The first-order valence-electron chi connectivity index (χ1n) is 7.25. The highest BCUT2D eigenvalue weighted by molar-refractivity contribution is 7.89. The maximum Gasteiger partial charge on any atom is 0.241 e. The van der Waals surface area contributed by atoms with Gasteiger partial charge in [0.1, 0.15) is 0 Å². The summed E-state index contributed by atoms with van der Waals surface area (Å²) in [6, 6.07) is 4.88. The van der Waals surface area contributed by atoms with Gasteiger partial charge in [-0.15, -0.1) is 0 Å². The highest BCUT2D eigenvalue weighted by atomic mass is 35.5. The molecular formula is C15H25ClN2O2S. The predicted molar refractivity (Wildman–Crippen MR) is 88.1 cm³/mol. The summed E-state index contributed by atoms with van der Waals surface area (Å²) in [6.07, 6.45) is 1.75. The van der Waals surface area contributed by atoms with Gasteiger partial charge < -0.3 is 5.32 Å². The number of halogens is 1. The normalized spacial score (nSPS) is 12.6. The van der Waals surface area contributed by atoms with Crippen molar-refractivity contribution in [1.29, 1.82) is 0 Å². The molecule has 0 heterocycles. The van der Waals surface area contributed by atoms with Gasteiger partial charge in [0, 0.05) is 17.1 Å². The zero-order valence-electron chi connectivity index (χ0n) is 13.2. The monoisotopic (exact) mass is 332 g/mol. The van der Waals surface area contributed by atoms with Crippen molar-refractivity contribution < 1.29 is 8.42 Å². The van der Waals surface area contributed by atoms with Crippen molar-refractivity contribution in [2.75, 3.05) is 6.54 Å². The van der Waals surface area contributed by atoms with Gasteiger partial charge in [-0.2, -0.15) is 0 Å². The van der Waals surface area contributed by atoms with Crippen LogP contribution >= 0.6 is 11.6 Å². The molecule has 0 aliphatic rings. The number of benzene rings is 1. The molecule has 0 aliphatic carbocycles. The quantitative estimate of drug-likeness (QED) is 0.718. The van der Waals surface area contributed by atoms with E-state index in [0.717, 1.165) is 18.5 Å². The molecule has 0 aromatic heterocycles. The van der Waals surface area contributed by atoms with Crippen molar-refractivity contribution in [2.45, 2.75) is 57.5 Å². The largest absolute Gasteiger partial charge is 0.313 e. The second kappa shape index (κ2) is 7.58. The van der Waals surface area contributed by atoms with E-state index >= 15 is 0 Å². The summed E-state index contributed by atoms with van der Waals surface area (Å²) < 4.78 is 27.4. The standard InChI is InChI=1S/C15H25ClN2O2S/c1-5-9-17-11-12-7-8-13(10-14(12)16)21(19,20)18-15(3,4)6-2/h7-8,10,17-18H,5-6,9,11H2,1-4H3. The Labute approximate surface area is 133 Å². The molecule has 21 heavy (non-hydrogen) atoms. The van der Waals surface area contributed by atoms with Gasteiger partial charge in [-0.3, -0.25) is 0 Å². The summed E-state index contributed by atoms with van der Waals surface area (Å²) in [5.41, 5.74) is 0.422. The molecule has 120 valence electrons. The van der Waals surface area contributed by atoms with Crippen LogP contribution in [0.4, 0.5) is 0 Å². The van der Waals surface area contributed by atoms with Crippen LogP contribution in [0, 0.1) is 0 Å². The third kappa shape index (κ3) is 5.58. The first kappa shape index (κ1) is 18.4. The van der Waals surface area contributed by atoms with E-state index in [1.165, 1.54) is 6.07 Å². The van der Waals surface area contributed by atoms with E-state index in [-0.39, 0.29) is 4.90 Å². The fraction of sp³-hybridized carbons (Fsp3) is 0.600. The molecule has 0 saturated carbocycles. The van der Waals surface area contributed by atoms with Crippen LogP contribution in [0.3, 0.4) is 0 Å². The molecular weight excluding hydrogens is 308 g/mol. The first-order valence-corrected chi connectivity index (χ1v) is 9.11. The molecule has 1 aromatic rings. The van der Waals surface area contributed by atoms with Crippen LogP contribution in [-0.4, -0.2) is 20.5 Å². The Hall–Kier alpha value is -0.620. The van der Waals surface area contributed by atoms with Gasteiger partial charge in [0.25, 0.3) is 0 Å². The molecule has 0 saturated heterocycles. The zero-order valence-corrected chi connectivity index (χ0v) is 14.7. The average Bonchev–Trinajstić information content (AvgIpc) is 2.39. The van der Waals surface area contributed by atoms with Crippen molar-refractivity contribution in [1.82, 2.24) is 10.0 Å². The van der Waals surface area contributed by atoms with Crippen LogP contribution in [0.2, 0.25) is 5.02 Å². The maximum absolute atomic E-state index is 12.3. The molecule has 0 bridgehead atoms. The van der Waals surface area contributed by atoms with Gasteiger partial charge >= 0.3 is 0 Å². The number of hydrogen-bond acceptors (Lipinski definition) is 3. The number of rotatable bonds is 8. The molecule has 0 atom stereocenters. The minimum atomic E-state index is -3.55. The van der Waals surface area contributed by atoms with Gasteiger partial charge in [0.15, 0.2) is 0 Å². The van der Waals surface area contributed by atoms with E-state index in [1.54, 1.807) is 12.1 Å². The molecule has 4 nitrogen and oxygen atoms in total. The minimum Gasteiger partial charge on any atom is -0.313 e. The Balaban J connectivity index is 2.92. The van der Waals surface area contributed by atoms with Crippen molar-refractivity contribution in [2.24, 2.45) is 0 Å². The maximum atomic E-state index is 12.3. The highest BCUT2D eigenvalue weighted by Gasteiger charge is 2.24. The Kier molecular flexibility index (Phi) is 6.66. The summed E-state index contributed by atoms with van der Waals surface area (Å²) in [5.74, 6) is 0. The van der Waals surface area contributed by atoms with Crippen LogP contribution in [0.25, 0.3) is 0 Å². The summed E-state index contributed by atoms with van der Waals surface area (Å²) in [4.78, 5) is 0.202. The lowest BCUT2D eigenvalue weighted by atomic mass is 10.0. The SMILES string of the molecule is CCCNCc1ccc(S(=O)(=O)NC(C)(C)CC)cc1Cl. The lowest BCUT2D eigenvalue weighted by molar-refractivity contribution is 0.439. The minimum absolute atomic E-state index is 0.202. The lowest BCUT2D eigenvalue weighted by Crippen LogP contribution is -2.42. The summed E-state index contributed by atoms with van der Waals surface area (Å²) in [6.45, 7) is 9.29. The summed E-state index contributed by atoms with van der Waals surface area (Å²) >= 11 is 6.19. The molecule has 0 fully saturated rings. The second-order valence-electron chi connectivity index (χ2n) is 5.77. The van der Waals surface area contributed by atoms with E-state index in [9.17, 15) is 8.42 Å². The van der Waals surface area contributed by atoms with E-state index in [0.29, 0.717) is 18.0 Å². The fourth-order valence-electron chi connectivity index (χ4n) is 1.73. The number of nitrogens with one attached hydrogen (secondary N) is 2. The van der Waals surface area contributed by atoms with Crippen LogP contribution in [0.1, 0.15) is 46.1 Å². The Morgan fingerprint density at radius 1 is 1.24 bits per heavy atom. The topological polar surface area (TPSA) is 58.2 Å². The molecule has 0 amide bonds. The van der Waals surface area contributed by atoms with Crippen LogP contribution in [-0.2, 0) is 16.6 Å². The highest BCUT2D eigenvalue weighted by Crippen LogP contribution is 2.22. The van der Waals surface area contributed by atoms with Gasteiger partial charge in [-0.05, 0) is 50.9 Å². The molecule has 1 aromatic carbocycles. The van der Waals surface area contributed by atoms with E-state index < -0.39 is 15.6 Å². The molecule has 2 N–H and O–H groups in total. The van der Waals surface area contributed by atoms with Crippen molar-refractivity contribution in [3.8, 4) is 0 Å². The average molecular weight is 333 g/mol. The third-order valence-corrected chi connectivity index (χ3v) is 5.42. The van der Waals surface area contributed by atoms with Gasteiger partial charge in [-0.25, -0.2) is 13.1 Å². The summed E-state index contributed by atoms with van der Waals surface area (Å²) in [7, 11) is -3.55. The van der Waals surface area contributed by atoms with E-state index in [1.807, 2.05) is 20.8 Å². The zero-order chi connectivity index (χ0) is 16.1. The molecule has 6 heteroatoms. The molecule has 0 unspecified atom stereocenters. The van der Waals surface area contributed by atoms with E-state index in [2.05, 4.69) is 17.0 Å². The van der Waals surface area contributed by atoms with Gasteiger partial charge in [0.2, 0.25) is 10.0 Å². The van der Waals surface area contributed by atoms with Crippen LogP contribution in [0.15, 0.2) is 23.1 Å². The first-order chi connectivity index (χ1) is 9.72. The smallest absolute Gasteiger partial charge is 0.241 e. The Morgan fingerprint density at radius 3 is 2.43 bits per heavy atom. The van der Waals surface area contributed by atoms with Crippen molar-refractivity contribution in [3.05, 3.63) is 28.8 Å². The predicted octanol–water partition coefficient (Wildman–Crippen LogP) is 3.31. The molecule has 0 radical (unpaired) electrons. The molecule has 0 aliphatic heterocycles. The van der Waals surface area contributed by atoms with Crippen LogP contribution < -0.4 is 10.0 Å². The molecule has 1 rings (SSSR count). The summed E-state index contributed by atoms with van der Waals surface area (Å²) in [5, 5.41) is 3.72. The third-order valence-electron chi connectivity index (χ3n) is 3.37. The van der Waals surface area contributed by atoms with E-state index in [4.69, 9.17) is 11.6 Å². The van der Waals surface area contributed by atoms with Gasteiger partial charge in [-0.1, -0.05) is 31.5 Å². The lowest BCUT2D eigenvalue weighted by Gasteiger charge is -2.24. The van der Waals surface area contributed by atoms with Crippen molar-refractivity contribution in [3.63, 3.8) is 0 Å². The number of sulfonamides is 1. The fourth-order valence-corrected chi connectivity index (χ4v) is 3.56. The second-order valence-corrected chi connectivity index (χ2v) is 7.86. The van der Waals surface area contributed by atoms with Gasteiger partial charge in [0.05, 0.1) is 4.90 Å². The molecule has 0 spiro atoms. The van der Waals surface area contributed by atoms with Crippen molar-refractivity contribution >= 4 is 21.6 Å². The Morgan fingerprint density at radius 2 is 1.90 bits per heavy atom. The van der Waals surface area contributed by atoms with Crippen LogP contribution in [0.5, 0.6) is 0 Å². The number of hydrogen-bond donors (Lipinski definition) is 2. The Bertz CT molecular complexity index is 571.